The fourth-order valence-electron chi connectivity index (χ4n) is 2.73. The number of rotatable bonds is 2. The summed E-state index contributed by atoms with van der Waals surface area (Å²) in [6.07, 6.45) is 2.01. The van der Waals surface area contributed by atoms with Gasteiger partial charge in [0.1, 0.15) is 6.04 Å². The Morgan fingerprint density at radius 1 is 1.38 bits per heavy atom. The standard InChI is InChI=1S/C15H17N3O3/c1-18-13(19)8-12(15(18)21)17-14(20)10-4-5-11-9(7-10)3-2-6-16-11/h4-5,7,12,16H,2-3,6,8H2,1H3,(H,17,20). The maximum absolute atomic E-state index is 12.2. The molecule has 6 nitrogen and oxygen atoms in total. The predicted octanol–water partition coefficient (Wildman–Crippen LogP) is 0.532. The van der Waals surface area contributed by atoms with E-state index in [1.54, 1.807) is 6.07 Å². The van der Waals surface area contributed by atoms with E-state index in [1.807, 2.05) is 12.1 Å². The Kier molecular flexibility index (Phi) is 3.37. The molecule has 21 heavy (non-hydrogen) atoms. The van der Waals surface area contributed by atoms with Gasteiger partial charge in [-0.15, -0.1) is 0 Å². The van der Waals surface area contributed by atoms with Crippen LogP contribution in [0.5, 0.6) is 0 Å². The summed E-state index contributed by atoms with van der Waals surface area (Å²) in [4.78, 5) is 36.5. The molecule has 3 rings (SSSR count). The highest BCUT2D eigenvalue weighted by atomic mass is 16.2. The van der Waals surface area contributed by atoms with Gasteiger partial charge in [-0.25, -0.2) is 0 Å². The number of carbonyl (C=O) groups is 3. The minimum Gasteiger partial charge on any atom is -0.385 e. The molecule has 110 valence electrons. The summed E-state index contributed by atoms with van der Waals surface area (Å²) in [6.45, 7) is 0.948. The summed E-state index contributed by atoms with van der Waals surface area (Å²) in [5, 5.41) is 5.92. The molecule has 0 bridgehead atoms. The van der Waals surface area contributed by atoms with E-state index in [9.17, 15) is 14.4 Å². The second-order valence-corrected chi connectivity index (χ2v) is 5.42. The minimum absolute atomic E-state index is 0.0353. The Morgan fingerprint density at radius 2 is 2.19 bits per heavy atom. The van der Waals surface area contributed by atoms with Crippen molar-refractivity contribution in [1.82, 2.24) is 10.2 Å². The van der Waals surface area contributed by atoms with Gasteiger partial charge in [0.2, 0.25) is 5.91 Å². The van der Waals surface area contributed by atoms with Gasteiger partial charge >= 0.3 is 0 Å². The van der Waals surface area contributed by atoms with Crippen LogP contribution in [0.25, 0.3) is 0 Å². The van der Waals surface area contributed by atoms with E-state index < -0.39 is 6.04 Å². The largest absolute Gasteiger partial charge is 0.385 e. The summed E-state index contributed by atoms with van der Waals surface area (Å²) >= 11 is 0. The zero-order valence-electron chi connectivity index (χ0n) is 11.8. The summed E-state index contributed by atoms with van der Waals surface area (Å²) in [6, 6.07) is 4.72. The monoisotopic (exact) mass is 287 g/mol. The number of imide groups is 1. The van der Waals surface area contributed by atoms with E-state index in [0.717, 1.165) is 35.5 Å². The fraction of sp³-hybridized carbons (Fsp3) is 0.400. The average Bonchev–Trinajstić information content (AvgIpc) is 2.74. The van der Waals surface area contributed by atoms with Crippen LogP contribution in [0.1, 0.15) is 28.8 Å². The average molecular weight is 287 g/mol. The Labute approximate surface area is 122 Å². The molecule has 1 unspecified atom stereocenters. The first kappa shape index (κ1) is 13.6. The molecule has 2 aliphatic heterocycles. The molecular weight excluding hydrogens is 270 g/mol. The highest BCUT2D eigenvalue weighted by molar-refractivity contribution is 6.08. The molecule has 0 saturated carbocycles. The van der Waals surface area contributed by atoms with Crippen LogP contribution in [0.4, 0.5) is 5.69 Å². The Bertz CT molecular complexity index is 627. The smallest absolute Gasteiger partial charge is 0.252 e. The number of likely N-dealkylation sites (tertiary alicyclic amines) is 1. The zero-order valence-corrected chi connectivity index (χ0v) is 11.8. The van der Waals surface area contributed by atoms with Crippen molar-refractivity contribution >= 4 is 23.4 Å². The third kappa shape index (κ3) is 2.49. The van der Waals surface area contributed by atoms with E-state index in [0.29, 0.717) is 5.56 Å². The molecule has 0 aliphatic carbocycles. The van der Waals surface area contributed by atoms with Crippen LogP contribution >= 0.6 is 0 Å². The van der Waals surface area contributed by atoms with E-state index in [-0.39, 0.29) is 24.1 Å². The summed E-state index contributed by atoms with van der Waals surface area (Å²) in [7, 11) is 1.43. The van der Waals surface area contributed by atoms with Crippen LogP contribution in [-0.2, 0) is 16.0 Å². The maximum atomic E-state index is 12.2. The van der Waals surface area contributed by atoms with Crippen molar-refractivity contribution in [2.75, 3.05) is 18.9 Å². The van der Waals surface area contributed by atoms with E-state index in [2.05, 4.69) is 10.6 Å². The molecule has 1 aromatic carbocycles. The number of amides is 3. The molecule has 2 N–H and O–H groups in total. The van der Waals surface area contributed by atoms with Crippen molar-refractivity contribution in [2.24, 2.45) is 0 Å². The van der Waals surface area contributed by atoms with Crippen LogP contribution in [0.15, 0.2) is 18.2 Å². The maximum Gasteiger partial charge on any atom is 0.252 e. The number of benzene rings is 1. The lowest BCUT2D eigenvalue weighted by molar-refractivity contribution is -0.137. The summed E-state index contributed by atoms with van der Waals surface area (Å²) in [5.41, 5.74) is 2.69. The van der Waals surface area contributed by atoms with Crippen molar-refractivity contribution in [3.63, 3.8) is 0 Å². The predicted molar refractivity (Wildman–Crippen MR) is 76.9 cm³/mol. The number of hydrogen-bond acceptors (Lipinski definition) is 4. The molecule has 1 fully saturated rings. The second kappa shape index (κ2) is 5.20. The van der Waals surface area contributed by atoms with Gasteiger partial charge in [0, 0.05) is 24.8 Å². The van der Waals surface area contributed by atoms with Crippen molar-refractivity contribution in [1.29, 1.82) is 0 Å². The normalized spacial score (nSPS) is 21.0. The first-order chi connectivity index (χ1) is 10.1. The first-order valence-electron chi connectivity index (χ1n) is 7.04. The lowest BCUT2D eigenvalue weighted by Crippen LogP contribution is -2.40. The van der Waals surface area contributed by atoms with Crippen LogP contribution in [0, 0.1) is 0 Å². The Morgan fingerprint density at radius 3 is 2.90 bits per heavy atom. The number of carbonyl (C=O) groups excluding carboxylic acids is 3. The molecule has 0 aromatic heterocycles. The van der Waals surface area contributed by atoms with E-state index in [1.165, 1.54) is 7.05 Å². The SMILES string of the molecule is CN1C(=O)CC(NC(=O)c2ccc3c(c2)CCCN3)C1=O. The molecule has 0 spiro atoms. The van der Waals surface area contributed by atoms with Gasteiger partial charge in [0.25, 0.3) is 11.8 Å². The number of nitrogens with zero attached hydrogens (tertiary/aromatic N) is 1. The Balaban J connectivity index is 1.74. The van der Waals surface area contributed by atoms with E-state index >= 15 is 0 Å². The van der Waals surface area contributed by atoms with Gasteiger partial charge in [-0.1, -0.05) is 0 Å². The van der Waals surface area contributed by atoms with Gasteiger partial charge in [0.15, 0.2) is 0 Å². The molecule has 1 aromatic rings. The molecule has 3 amide bonds. The number of anilines is 1. The van der Waals surface area contributed by atoms with Gasteiger partial charge in [0.05, 0.1) is 6.42 Å². The molecular formula is C15H17N3O3. The first-order valence-corrected chi connectivity index (χ1v) is 7.04. The lowest BCUT2D eigenvalue weighted by Gasteiger charge is -2.19. The van der Waals surface area contributed by atoms with Gasteiger partial charge in [-0.3, -0.25) is 19.3 Å². The highest BCUT2D eigenvalue weighted by Gasteiger charge is 2.37. The van der Waals surface area contributed by atoms with Gasteiger partial charge < -0.3 is 10.6 Å². The quantitative estimate of drug-likeness (QED) is 0.778. The van der Waals surface area contributed by atoms with E-state index in [4.69, 9.17) is 0 Å². The summed E-state index contributed by atoms with van der Waals surface area (Å²) < 4.78 is 0. The highest BCUT2D eigenvalue weighted by Crippen LogP contribution is 2.23. The van der Waals surface area contributed by atoms with Crippen LogP contribution in [0.2, 0.25) is 0 Å². The van der Waals surface area contributed by atoms with Crippen molar-refractivity contribution in [3.8, 4) is 0 Å². The van der Waals surface area contributed by atoms with Gasteiger partial charge in [-0.2, -0.15) is 0 Å². The fourth-order valence-corrected chi connectivity index (χ4v) is 2.73. The molecule has 1 atom stereocenters. The van der Waals surface area contributed by atoms with Crippen molar-refractivity contribution in [3.05, 3.63) is 29.3 Å². The van der Waals surface area contributed by atoms with Crippen molar-refractivity contribution in [2.45, 2.75) is 25.3 Å². The molecule has 6 heteroatoms. The van der Waals surface area contributed by atoms with Crippen LogP contribution < -0.4 is 10.6 Å². The third-order valence-electron chi connectivity index (χ3n) is 3.99. The third-order valence-corrected chi connectivity index (χ3v) is 3.99. The van der Waals surface area contributed by atoms with Gasteiger partial charge in [-0.05, 0) is 36.6 Å². The minimum atomic E-state index is -0.746. The van der Waals surface area contributed by atoms with Crippen LogP contribution in [0.3, 0.4) is 0 Å². The number of hydrogen-bond donors (Lipinski definition) is 2. The van der Waals surface area contributed by atoms with Crippen LogP contribution in [-0.4, -0.2) is 42.3 Å². The summed E-state index contributed by atoms with van der Waals surface area (Å²) in [5.74, 6) is -0.933. The zero-order chi connectivity index (χ0) is 15.0. The lowest BCUT2D eigenvalue weighted by atomic mass is 10.0. The number of nitrogens with one attached hydrogen (secondary N) is 2. The van der Waals surface area contributed by atoms with Crippen molar-refractivity contribution < 1.29 is 14.4 Å². The Hall–Kier alpha value is -2.37. The molecule has 2 heterocycles. The second-order valence-electron chi connectivity index (χ2n) is 5.42. The molecule has 0 radical (unpaired) electrons. The molecule has 2 aliphatic rings. The number of aryl methyl sites for hydroxylation is 1. The molecule has 1 saturated heterocycles. The number of likely N-dealkylation sites (N-methyl/N-ethyl adjacent to an activating group) is 1. The number of fused-ring (bicyclic) bond motifs is 1. The topological polar surface area (TPSA) is 78.5 Å².